The standard InChI is InChI=1S/C25H37NO4.C19H24NS2.C11H8O3.BrH/c27-20-23-18-22(13-14-24(23)28)25(29)19-26-15-7-1-2-8-16-30-17-9-6-12-21-10-4-3-5-11-21;1-20(2)15-7-8-16(20)12-14(11-15)13-17(18-5-3-9-21-18)19-6-4-10-22-19;12-10-8-4-2-1-3-7(8)5-6-9(10)11(13)14;/h3-5,10-11,13-14,18,25-29H,1-2,6-9,12,15-17,19-20H2;3-6,9-10,13-16H,7-8,11-12H2,1-2H3;1-6,12H,(H,13,14);1H/q;+1;;/p-1/t;14?,15-,16+;;. The largest absolute Gasteiger partial charge is 1.00 e. The van der Waals surface area contributed by atoms with E-state index in [9.17, 15) is 25.2 Å². The molecule has 0 aliphatic carbocycles. The Kier molecular flexibility index (Phi) is 22.1. The highest BCUT2D eigenvalue weighted by molar-refractivity contribution is 7.13. The molecule has 360 valence electrons. The Morgan fingerprint density at radius 2 is 1.43 bits per heavy atom. The maximum absolute atomic E-state index is 10.7. The lowest BCUT2D eigenvalue weighted by molar-refractivity contribution is -0.931. The lowest BCUT2D eigenvalue weighted by atomic mass is 9.87. The van der Waals surface area contributed by atoms with Crippen LogP contribution in [0.15, 0.2) is 126 Å². The number of aromatic carboxylic acids is 1. The van der Waals surface area contributed by atoms with E-state index < -0.39 is 12.1 Å². The van der Waals surface area contributed by atoms with E-state index in [0.717, 1.165) is 81.7 Å². The Hall–Kier alpha value is -4.37. The Balaban J connectivity index is 0.000000198. The number of aryl methyl sites for hydroxylation is 1. The monoisotopic (exact) mass is 1010 g/mol. The van der Waals surface area contributed by atoms with Gasteiger partial charge in [0.2, 0.25) is 0 Å². The van der Waals surface area contributed by atoms with Gasteiger partial charge in [0.05, 0.1) is 38.9 Å². The Bertz CT molecular complexity index is 2340. The lowest BCUT2D eigenvalue weighted by Gasteiger charge is -2.43. The first-order valence-corrected chi connectivity index (χ1v) is 25.3. The molecule has 4 heterocycles. The Morgan fingerprint density at radius 3 is 2.07 bits per heavy atom. The summed E-state index contributed by atoms with van der Waals surface area (Å²) < 4.78 is 6.98. The minimum absolute atomic E-state index is 0. The number of unbranched alkanes of at least 4 members (excludes halogenated alkanes) is 4. The van der Waals surface area contributed by atoms with Gasteiger partial charge >= 0.3 is 5.97 Å². The van der Waals surface area contributed by atoms with E-state index >= 15 is 0 Å². The highest BCUT2D eigenvalue weighted by Crippen LogP contribution is 2.44. The van der Waals surface area contributed by atoms with Crippen LogP contribution < -0.4 is 22.3 Å². The number of piperidine rings is 1. The third kappa shape index (κ3) is 15.8. The van der Waals surface area contributed by atoms with Crippen LogP contribution in [0.25, 0.3) is 16.3 Å². The van der Waals surface area contributed by atoms with Gasteiger partial charge in [0.25, 0.3) is 0 Å². The highest BCUT2D eigenvalue weighted by Gasteiger charge is 2.48. The molecule has 9 nitrogen and oxygen atoms in total. The molecule has 8 rings (SSSR count). The number of aliphatic hydroxyl groups excluding tert-OH is 2. The number of aliphatic hydroxyl groups is 2. The Morgan fingerprint density at radius 1 is 0.791 bits per heavy atom. The second kappa shape index (κ2) is 27.6. The summed E-state index contributed by atoms with van der Waals surface area (Å²) in [5, 5.41) is 56.4. The molecule has 4 atom stereocenters. The van der Waals surface area contributed by atoms with E-state index in [2.05, 4.69) is 90.8 Å². The number of hydrogen-bond donors (Lipinski definition) is 6. The second-order valence-electron chi connectivity index (χ2n) is 18.0. The van der Waals surface area contributed by atoms with Crippen LogP contribution in [0.2, 0.25) is 0 Å². The number of allylic oxidation sites excluding steroid dienone is 1. The lowest BCUT2D eigenvalue weighted by Crippen LogP contribution is -3.00. The summed E-state index contributed by atoms with van der Waals surface area (Å²) in [6.07, 6.45) is 15.4. The predicted molar refractivity (Wildman–Crippen MR) is 270 cm³/mol. The minimum Gasteiger partial charge on any atom is -1.00 e. The predicted octanol–water partition coefficient (Wildman–Crippen LogP) is 8.61. The van der Waals surface area contributed by atoms with E-state index in [1.165, 1.54) is 69.6 Å². The summed E-state index contributed by atoms with van der Waals surface area (Å²) >= 11 is 3.74. The van der Waals surface area contributed by atoms with Gasteiger partial charge in [-0.25, -0.2) is 4.79 Å². The number of thiophene rings is 2. The fraction of sp³-hybridized carbons (Fsp3) is 0.400. The number of hydrogen-bond acceptors (Lipinski definition) is 9. The first kappa shape index (κ1) is 53.6. The van der Waals surface area contributed by atoms with Crippen molar-refractivity contribution in [1.29, 1.82) is 0 Å². The van der Waals surface area contributed by atoms with Crippen molar-refractivity contribution in [2.45, 2.75) is 95.4 Å². The third-order valence-electron chi connectivity index (χ3n) is 13.2. The maximum Gasteiger partial charge on any atom is 0.339 e. The first-order chi connectivity index (χ1) is 32.0. The summed E-state index contributed by atoms with van der Waals surface area (Å²) in [5.74, 6) is -0.482. The van der Waals surface area contributed by atoms with Crippen LogP contribution in [-0.2, 0) is 17.8 Å². The zero-order chi connectivity index (χ0) is 46.7. The van der Waals surface area contributed by atoms with Crippen molar-refractivity contribution in [3.63, 3.8) is 0 Å². The average Bonchev–Trinajstić information content (AvgIpc) is 4.09. The number of rotatable bonds is 20. The average molecular weight is 1010 g/mol. The van der Waals surface area contributed by atoms with E-state index in [1.54, 1.807) is 30.3 Å². The number of halogens is 1. The van der Waals surface area contributed by atoms with Crippen molar-refractivity contribution in [2.24, 2.45) is 5.92 Å². The van der Waals surface area contributed by atoms with E-state index in [4.69, 9.17) is 9.84 Å². The van der Waals surface area contributed by atoms with Gasteiger partial charge in [0.15, 0.2) is 0 Å². The molecule has 0 spiro atoms. The fourth-order valence-corrected chi connectivity index (χ4v) is 10.9. The highest BCUT2D eigenvalue weighted by atomic mass is 79.9. The number of carboxylic acid groups (broad SMARTS) is 1. The van der Waals surface area contributed by atoms with E-state index in [-0.39, 0.29) is 40.7 Å². The van der Waals surface area contributed by atoms with Gasteiger partial charge in [-0.1, -0.05) is 97.8 Å². The number of nitrogens with zero attached hydrogens (tertiary/aromatic N) is 1. The summed E-state index contributed by atoms with van der Waals surface area (Å²) in [5.41, 5.74) is 3.94. The number of benzene rings is 4. The van der Waals surface area contributed by atoms with Crippen LogP contribution in [0.3, 0.4) is 0 Å². The SMILES string of the molecule is C[N+]1(C)[C@@H]2CC[C@H]1CC(C=C(c1cccs1)c1cccs1)C2.O=C(O)c1ccc2ccccc2c1O.OCc1cc(C(O)CNCCCCCCOCCCCc2ccccc2)ccc1O.[Br-]. The van der Waals surface area contributed by atoms with Crippen LogP contribution in [-0.4, -0.2) is 88.5 Å². The number of carbonyl (C=O) groups is 1. The molecule has 0 radical (unpaired) electrons. The molecule has 6 aromatic rings. The van der Waals surface area contributed by atoms with Crippen LogP contribution in [0.4, 0.5) is 0 Å². The quantitative estimate of drug-likeness (QED) is 0.0331. The van der Waals surface area contributed by atoms with Gasteiger partial charge in [-0.15, -0.1) is 22.7 Å². The number of nitrogens with one attached hydrogen (secondary N) is 1. The molecule has 0 amide bonds. The first-order valence-electron chi connectivity index (χ1n) is 23.5. The van der Waals surface area contributed by atoms with Crippen molar-refractivity contribution in [2.75, 3.05) is 40.4 Å². The molecule has 4 aromatic carbocycles. The van der Waals surface area contributed by atoms with Gasteiger partial charge in [0.1, 0.15) is 17.1 Å². The van der Waals surface area contributed by atoms with Crippen molar-refractivity contribution >= 4 is 45.0 Å². The number of ether oxygens (including phenoxy) is 1. The van der Waals surface area contributed by atoms with Gasteiger partial charge in [-0.3, -0.25) is 0 Å². The van der Waals surface area contributed by atoms with Gasteiger partial charge in [-0.05, 0) is 102 Å². The molecule has 6 N–H and O–H groups in total. The van der Waals surface area contributed by atoms with Crippen LogP contribution >= 0.6 is 22.7 Å². The number of carboxylic acids is 1. The summed E-state index contributed by atoms with van der Waals surface area (Å²) in [6.45, 7) is 2.77. The van der Waals surface area contributed by atoms with Crippen molar-refractivity contribution in [1.82, 2.24) is 5.32 Å². The number of aromatic hydroxyl groups is 2. The van der Waals surface area contributed by atoms with Gasteiger partial charge in [-0.2, -0.15) is 0 Å². The molecular formula is C55H69BrN2O7S2. The molecule has 67 heavy (non-hydrogen) atoms. The van der Waals surface area contributed by atoms with Crippen molar-refractivity contribution in [3.05, 3.63) is 158 Å². The van der Waals surface area contributed by atoms with E-state index in [0.29, 0.717) is 23.1 Å². The van der Waals surface area contributed by atoms with Crippen LogP contribution in [0.1, 0.15) is 107 Å². The molecule has 2 bridgehead atoms. The van der Waals surface area contributed by atoms with Gasteiger partial charge < -0.3 is 57.1 Å². The summed E-state index contributed by atoms with van der Waals surface area (Å²) in [6, 6.07) is 36.2. The zero-order valence-corrected chi connectivity index (χ0v) is 42.2. The van der Waals surface area contributed by atoms with Crippen LogP contribution in [0, 0.1) is 5.92 Å². The molecule has 2 aliphatic heterocycles. The minimum atomic E-state index is -1.12. The van der Waals surface area contributed by atoms with Gasteiger partial charge in [0, 0.05) is 71.7 Å². The fourth-order valence-electron chi connectivity index (χ4n) is 9.26. The topological polar surface area (TPSA) is 139 Å². The molecule has 2 unspecified atom stereocenters. The molecule has 2 aliphatic rings. The maximum atomic E-state index is 10.7. The molecule has 2 saturated heterocycles. The van der Waals surface area contributed by atoms with Crippen molar-refractivity contribution in [3.8, 4) is 11.5 Å². The third-order valence-corrected chi connectivity index (χ3v) is 15.0. The molecule has 12 heteroatoms. The summed E-state index contributed by atoms with van der Waals surface area (Å²) in [7, 11) is 4.89. The zero-order valence-electron chi connectivity index (χ0n) is 38.9. The van der Waals surface area contributed by atoms with E-state index in [1.807, 2.05) is 34.8 Å². The molecule has 0 saturated carbocycles. The Labute approximate surface area is 415 Å². The normalized spacial score (nSPS) is 17.3. The molecule has 2 aromatic heterocycles. The molecule has 2 fully saturated rings. The number of fused-ring (bicyclic) bond motifs is 3. The number of phenols is 2. The number of quaternary nitrogens is 1. The smallest absolute Gasteiger partial charge is 0.339 e. The summed E-state index contributed by atoms with van der Waals surface area (Å²) in [4.78, 5) is 13.6. The second-order valence-corrected chi connectivity index (χ2v) is 19.9. The molecular weight excluding hydrogens is 945 g/mol. The van der Waals surface area contributed by atoms with Crippen molar-refractivity contribution < 1.29 is 56.5 Å². The van der Waals surface area contributed by atoms with Crippen LogP contribution in [0.5, 0.6) is 11.5 Å².